The number of benzene rings is 2. The van der Waals surface area contributed by atoms with E-state index in [1.165, 1.54) is 18.2 Å². The second-order valence-electron chi connectivity index (χ2n) is 6.89. The highest BCUT2D eigenvalue weighted by Crippen LogP contribution is 2.35. The normalized spacial score (nSPS) is 15.7. The summed E-state index contributed by atoms with van der Waals surface area (Å²) >= 11 is 5.83. The molecule has 0 spiro atoms. The van der Waals surface area contributed by atoms with E-state index < -0.39 is 29.4 Å². The third kappa shape index (κ3) is 5.33. The number of halogens is 6. The lowest BCUT2D eigenvalue weighted by atomic mass is 10.2. The molecule has 0 amide bonds. The van der Waals surface area contributed by atoms with Gasteiger partial charge in [-0.3, -0.25) is 0 Å². The van der Waals surface area contributed by atoms with Crippen molar-refractivity contribution in [3.05, 3.63) is 82.5 Å². The van der Waals surface area contributed by atoms with E-state index in [0.717, 1.165) is 18.2 Å². The number of hydrogen-bond acceptors (Lipinski definition) is 5. The van der Waals surface area contributed by atoms with Crippen molar-refractivity contribution in [3.63, 3.8) is 0 Å². The molecule has 11 heteroatoms. The minimum absolute atomic E-state index is 0.0893. The van der Waals surface area contributed by atoms with E-state index >= 15 is 0 Å². The topological polar surface area (TPSA) is 52.9 Å². The van der Waals surface area contributed by atoms with Crippen LogP contribution in [-0.4, -0.2) is 30.1 Å². The van der Waals surface area contributed by atoms with E-state index in [2.05, 4.69) is 9.98 Å². The van der Waals surface area contributed by atoms with Gasteiger partial charge >= 0.3 is 6.18 Å². The number of aromatic nitrogens is 1. The predicted octanol–water partition coefficient (Wildman–Crippen LogP) is 6.05. The Hall–Kier alpha value is -3.40. The van der Waals surface area contributed by atoms with Crippen molar-refractivity contribution in [2.75, 3.05) is 13.2 Å². The van der Waals surface area contributed by atoms with Crippen molar-refractivity contribution >= 4 is 17.5 Å². The summed E-state index contributed by atoms with van der Waals surface area (Å²) in [5.41, 5.74) is -1.31. The number of pyridine rings is 1. The SMILES string of the molecule is Fc1cccc(F)c1C1=NC(COc2ccc(Oc3ncc(C(F)(F)F)cc3Cl)cc2)CO1. The molecule has 4 rings (SSSR count). The van der Waals surface area contributed by atoms with Gasteiger partial charge in [-0.15, -0.1) is 0 Å². The highest BCUT2D eigenvalue weighted by molar-refractivity contribution is 6.31. The maximum atomic E-state index is 13.9. The highest BCUT2D eigenvalue weighted by Gasteiger charge is 2.32. The molecule has 1 aliphatic rings. The van der Waals surface area contributed by atoms with Gasteiger partial charge < -0.3 is 14.2 Å². The molecule has 0 aliphatic carbocycles. The van der Waals surface area contributed by atoms with Crippen molar-refractivity contribution in [1.82, 2.24) is 4.98 Å². The molecule has 0 saturated heterocycles. The molecule has 2 heterocycles. The lowest BCUT2D eigenvalue weighted by molar-refractivity contribution is -0.137. The van der Waals surface area contributed by atoms with E-state index in [1.807, 2.05) is 0 Å². The fourth-order valence-electron chi connectivity index (χ4n) is 2.90. The maximum absolute atomic E-state index is 13.9. The van der Waals surface area contributed by atoms with Crippen LogP contribution in [0.4, 0.5) is 22.0 Å². The molecule has 0 N–H and O–H groups in total. The van der Waals surface area contributed by atoms with E-state index in [9.17, 15) is 22.0 Å². The van der Waals surface area contributed by atoms with Gasteiger partial charge in [0, 0.05) is 6.20 Å². The quantitative estimate of drug-likeness (QED) is 0.400. The van der Waals surface area contributed by atoms with Crippen LogP contribution >= 0.6 is 11.6 Å². The molecule has 2 aromatic carbocycles. The summed E-state index contributed by atoms with van der Waals surface area (Å²) in [5.74, 6) is -1.12. The van der Waals surface area contributed by atoms with Gasteiger partial charge in [-0.1, -0.05) is 17.7 Å². The summed E-state index contributed by atoms with van der Waals surface area (Å²) in [6.07, 6.45) is -3.93. The number of aliphatic imine (C=N–C) groups is 1. The summed E-state index contributed by atoms with van der Waals surface area (Å²) < 4.78 is 82.2. The molecule has 0 saturated carbocycles. The van der Waals surface area contributed by atoms with Crippen LogP contribution in [0.5, 0.6) is 17.4 Å². The highest BCUT2D eigenvalue weighted by atomic mass is 35.5. The second kappa shape index (κ2) is 9.22. The van der Waals surface area contributed by atoms with Gasteiger partial charge in [0.25, 0.3) is 0 Å². The van der Waals surface area contributed by atoms with Crippen LogP contribution in [0, 0.1) is 11.6 Å². The van der Waals surface area contributed by atoms with Crippen molar-refractivity contribution < 1.29 is 36.2 Å². The third-order valence-electron chi connectivity index (χ3n) is 4.50. The number of alkyl halides is 3. The van der Waals surface area contributed by atoms with E-state index in [4.69, 9.17) is 25.8 Å². The molecule has 5 nitrogen and oxygen atoms in total. The first-order valence-corrected chi connectivity index (χ1v) is 9.87. The maximum Gasteiger partial charge on any atom is 0.417 e. The Morgan fingerprint density at radius 2 is 1.70 bits per heavy atom. The van der Waals surface area contributed by atoms with Crippen LogP contribution < -0.4 is 9.47 Å². The van der Waals surface area contributed by atoms with Gasteiger partial charge in [0.2, 0.25) is 11.8 Å². The third-order valence-corrected chi connectivity index (χ3v) is 4.78. The zero-order chi connectivity index (χ0) is 23.6. The second-order valence-corrected chi connectivity index (χ2v) is 7.30. The lowest BCUT2D eigenvalue weighted by Gasteiger charge is -2.11. The Bertz CT molecular complexity index is 1170. The van der Waals surface area contributed by atoms with Gasteiger partial charge in [0.1, 0.15) is 53.0 Å². The Labute approximate surface area is 189 Å². The van der Waals surface area contributed by atoms with Gasteiger partial charge in [-0.2, -0.15) is 13.2 Å². The molecular weight excluding hydrogens is 471 g/mol. The zero-order valence-corrected chi connectivity index (χ0v) is 17.3. The van der Waals surface area contributed by atoms with Gasteiger partial charge in [0.15, 0.2) is 0 Å². The molecule has 1 atom stereocenters. The Balaban J connectivity index is 1.36. The molecule has 172 valence electrons. The smallest absolute Gasteiger partial charge is 0.417 e. The number of hydrogen-bond donors (Lipinski definition) is 0. The molecule has 1 aromatic heterocycles. The van der Waals surface area contributed by atoms with Crippen molar-refractivity contribution in [2.45, 2.75) is 12.2 Å². The van der Waals surface area contributed by atoms with Crippen LogP contribution in [0.3, 0.4) is 0 Å². The average molecular weight is 485 g/mol. The fraction of sp³-hybridized carbons (Fsp3) is 0.182. The predicted molar refractivity (Wildman–Crippen MR) is 109 cm³/mol. The monoisotopic (exact) mass is 484 g/mol. The Morgan fingerprint density at radius 1 is 1.03 bits per heavy atom. The summed E-state index contributed by atoms with van der Waals surface area (Å²) in [6.45, 7) is 0.189. The fourth-order valence-corrected chi connectivity index (χ4v) is 3.11. The minimum atomic E-state index is -4.56. The first kappa shape index (κ1) is 22.8. The van der Waals surface area contributed by atoms with E-state index in [1.54, 1.807) is 12.1 Å². The molecule has 0 radical (unpaired) electrons. The standard InChI is InChI=1S/C22H14ClF5N2O3/c23-16-8-12(22(26,27)28)9-29-20(16)33-15-6-4-14(5-7-15)31-10-13-11-32-21(30-13)19-17(24)2-1-3-18(19)25/h1-9,13H,10-11H2. The van der Waals surface area contributed by atoms with Crippen molar-refractivity contribution in [2.24, 2.45) is 4.99 Å². The van der Waals surface area contributed by atoms with Crippen LogP contribution in [0.2, 0.25) is 5.02 Å². The van der Waals surface area contributed by atoms with Gasteiger partial charge in [-0.05, 0) is 42.5 Å². The summed E-state index contributed by atoms with van der Waals surface area (Å²) in [4.78, 5) is 7.77. The zero-order valence-electron chi connectivity index (χ0n) is 16.6. The molecule has 0 bridgehead atoms. The molecule has 33 heavy (non-hydrogen) atoms. The number of rotatable bonds is 6. The molecular formula is C22H14ClF5N2O3. The molecule has 1 aliphatic heterocycles. The molecule has 0 fully saturated rings. The average Bonchev–Trinajstić information content (AvgIpc) is 3.22. The van der Waals surface area contributed by atoms with Crippen molar-refractivity contribution in [1.29, 1.82) is 0 Å². The number of nitrogens with zero attached hydrogens (tertiary/aromatic N) is 2. The summed E-state index contributed by atoms with van der Waals surface area (Å²) in [6, 6.07) is 9.89. The van der Waals surface area contributed by atoms with E-state index in [0.29, 0.717) is 11.9 Å². The van der Waals surface area contributed by atoms with Crippen LogP contribution in [0.25, 0.3) is 0 Å². The van der Waals surface area contributed by atoms with Crippen molar-refractivity contribution in [3.8, 4) is 17.4 Å². The Kier molecular flexibility index (Phi) is 6.37. The van der Waals surface area contributed by atoms with Crippen LogP contribution in [0.15, 0.2) is 59.7 Å². The largest absolute Gasteiger partial charge is 0.491 e. The van der Waals surface area contributed by atoms with Gasteiger partial charge in [-0.25, -0.2) is 18.8 Å². The van der Waals surface area contributed by atoms with Crippen LogP contribution in [-0.2, 0) is 10.9 Å². The van der Waals surface area contributed by atoms with Crippen LogP contribution in [0.1, 0.15) is 11.1 Å². The first-order chi connectivity index (χ1) is 15.7. The molecule has 3 aromatic rings. The minimum Gasteiger partial charge on any atom is -0.491 e. The molecule has 1 unspecified atom stereocenters. The summed E-state index contributed by atoms with van der Waals surface area (Å²) in [5, 5.41) is -0.286. The Morgan fingerprint density at radius 3 is 2.33 bits per heavy atom. The number of ether oxygens (including phenoxy) is 3. The van der Waals surface area contributed by atoms with Gasteiger partial charge in [0.05, 0.1) is 5.56 Å². The van der Waals surface area contributed by atoms with E-state index in [-0.39, 0.29) is 41.3 Å². The lowest BCUT2D eigenvalue weighted by Crippen LogP contribution is -2.16. The first-order valence-electron chi connectivity index (χ1n) is 9.49. The summed E-state index contributed by atoms with van der Waals surface area (Å²) in [7, 11) is 0.